The van der Waals surface area contributed by atoms with Gasteiger partial charge in [0.15, 0.2) is 0 Å². The summed E-state index contributed by atoms with van der Waals surface area (Å²) in [6.07, 6.45) is 20.7. The molecule has 0 heterocycles. The first-order chi connectivity index (χ1) is 12.8. The molecular weight excluding hydrogens is 490 g/mol. The first kappa shape index (κ1) is 27.7. The summed E-state index contributed by atoms with van der Waals surface area (Å²) in [5, 5.41) is 0. The molecular formula is C25H40Cl2SiZr. The summed E-state index contributed by atoms with van der Waals surface area (Å²) >= 11 is -0.826. The van der Waals surface area contributed by atoms with E-state index in [2.05, 4.69) is 82.5 Å². The Kier molecular flexibility index (Phi) is 11.0. The Labute approximate surface area is 201 Å². The summed E-state index contributed by atoms with van der Waals surface area (Å²) in [6, 6.07) is 0. The average Bonchev–Trinajstić information content (AvgIpc) is 3.10. The molecule has 4 heteroatoms. The van der Waals surface area contributed by atoms with Crippen molar-refractivity contribution in [2.45, 2.75) is 51.4 Å². The molecule has 0 N–H and O–H groups in total. The second kappa shape index (κ2) is 11.5. The van der Waals surface area contributed by atoms with Crippen LogP contribution >= 0.6 is 17.0 Å². The van der Waals surface area contributed by atoms with Crippen LogP contribution in [-0.4, -0.2) is 8.07 Å². The second-order valence-electron chi connectivity index (χ2n) is 9.81. The fourth-order valence-electron chi connectivity index (χ4n) is 7.70. The average molecular weight is 531 g/mol. The van der Waals surface area contributed by atoms with Gasteiger partial charge in [0.1, 0.15) is 0 Å². The molecule has 0 aromatic rings. The number of fused-ring (bicyclic) bond motifs is 2. The SMILES string of the molecule is CC1CC2C=CC=CC2C1[Si](C)(C)C1C(C)C2C=CC=CC2C1C.[CH3-].[CH3-].[Cl][Zr+2][Cl]. The Hall–Kier alpha value is 0.640. The fourth-order valence-corrected chi connectivity index (χ4v) is 14.3. The Balaban J connectivity index is 0.000000794. The topological polar surface area (TPSA) is 0 Å². The summed E-state index contributed by atoms with van der Waals surface area (Å²) < 4.78 is 0. The number of allylic oxidation sites excluding steroid dienone is 8. The molecule has 0 radical (unpaired) electrons. The third-order valence-corrected chi connectivity index (χ3v) is 13.7. The van der Waals surface area contributed by atoms with Crippen molar-refractivity contribution in [1.29, 1.82) is 0 Å². The van der Waals surface area contributed by atoms with Gasteiger partial charge in [0.05, 0.1) is 8.07 Å². The van der Waals surface area contributed by atoms with Crippen LogP contribution in [-0.2, 0) is 20.8 Å². The van der Waals surface area contributed by atoms with Gasteiger partial charge in [-0.05, 0) is 58.9 Å². The molecule has 0 spiro atoms. The predicted molar refractivity (Wildman–Crippen MR) is 132 cm³/mol. The molecule has 0 aromatic heterocycles. The van der Waals surface area contributed by atoms with Crippen molar-refractivity contribution in [3.8, 4) is 0 Å². The minimum atomic E-state index is -1.38. The van der Waals surface area contributed by atoms with Crippen LogP contribution in [0.5, 0.6) is 0 Å². The monoisotopic (exact) mass is 528 g/mol. The van der Waals surface area contributed by atoms with Crippen molar-refractivity contribution in [3.63, 3.8) is 0 Å². The van der Waals surface area contributed by atoms with Crippen molar-refractivity contribution in [2.24, 2.45) is 41.4 Å². The zero-order valence-corrected chi connectivity index (χ0v) is 24.2. The Morgan fingerprint density at radius 2 is 1.14 bits per heavy atom. The van der Waals surface area contributed by atoms with Crippen LogP contribution in [0.2, 0.25) is 24.2 Å². The van der Waals surface area contributed by atoms with E-state index in [0.29, 0.717) is 0 Å². The summed E-state index contributed by atoms with van der Waals surface area (Å²) in [6.45, 7) is 13.2. The summed E-state index contributed by atoms with van der Waals surface area (Å²) in [4.78, 5) is 0. The van der Waals surface area contributed by atoms with E-state index in [1.807, 2.05) is 0 Å². The zero-order chi connectivity index (χ0) is 19.8. The van der Waals surface area contributed by atoms with Gasteiger partial charge in [-0.3, -0.25) is 0 Å². The van der Waals surface area contributed by atoms with Gasteiger partial charge in [-0.2, -0.15) is 0 Å². The molecule has 0 saturated heterocycles. The van der Waals surface area contributed by atoms with Crippen LogP contribution in [0.25, 0.3) is 0 Å². The normalized spacial score (nSPS) is 41.3. The van der Waals surface area contributed by atoms with Crippen LogP contribution < -0.4 is 0 Å². The van der Waals surface area contributed by atoms with Crippen molar-refractivity contribution < 1.29 is 20.8 Å². The summed E-state index contributed by atoms with van der Waals surface area (Å²) in [5.41, 5.74) is 1.90. The maximum atomic E-state index is 4.93. The predicted octanol–water partition coefficient (Wildman–Crippen LogP) is 8.75. The van der Waals surface area contributed by atoms with Crippen molar-refractivity contribution in [3.05, 3.63) is 63.5 Å². The molecule has 0 amide bonds. The van der Waals surface area contributed by atoms with E-state index in [-0.39, 0.29) is 14.9 Å². The molecule has 0 nitrogen and oxygen atoms in total. The van der Waals surface area contributed by atoms with E-state index in [0.717, 1.165) is 52.5 Å². The minimum absolute atomic E-state index is 0. The third-order valence-electron chi connectivity index (χ3n) is 8.26. The molecule has 8 atom stereocenters. The molecule has 2 saturated carbocycles. The molecule has 4 aliphatic rings. The van der Waals surface area contributed by atoms with Gasteiger partial charge in [0, 0.05) is 0 Å². The Morgan fingerprint density at radius 3 is 1.62 bits per heavy atom. The number of rotatable bonds is 2. The first-order valence-electron chi connectivity index (χ1n) is 10.5. The molecule has 4 aliphatic carbocycles. The molecule has 162 valence electrons. The zero-order valence-electron chi connectivity index (χ0n) is 19.3. The van der Waals surface area contributed by atoms with Crippen molar-refractivity contribution in [1.82, 2.24) is 0 Å². The number of hydrogen-bond donors (Lipinski definition) is 0. The molecule has 0 aliphatic heterocycles. The van der Waals surface area contributed by atoms with Gasteiger partial charge < -0.3 is 14.9 Å². The first-order valence-corrected chi connectivity index (χ1v) is 20.0. The Bertz CT molecular complexity index is 615. The number of hydrogen-bond acceptors (Lipinski definition) is 0. The molecule has 0 bridgehead atoms. The van der Waals surface area contributed by atoms with Gasteiger partial charge in [0.2, 0.25) is 0 Å². The summed E-state index contributed by atoms with van der Waals surface area (Å²) in [5.74, 6) is 5.80. The van der Waals surface area contributed by atoms with Crippen LogP contribution in [0.4, 0.5) is 0 Å². The Morgan fingerprint density at radius 1 is 0.724 bits per heavy atom. The fraction of sp³-hybridized carbons (Fsp3) is 0.600. The van der Waals surface area contributed by atoms with Gasteiger partial charge in [0.25, 0.3) is 0 Å². The van der Waals surface area contributed by atoms with Crippen molar-refractivity contribution in [2.75, 3.05) is 0 Å². The van der Waals surface area contributed by atoms with Crippen LogP contribution in [0.1, 0.15) is 27.2 Å². The van der Waals surface area contributed by atoms with Crippen LogP contribution in [0.3, 0.4) is 0 Å². The quantitative estimate of drug-likeness (QED) is 0.247. The molecule has 8 unspecified atom stereocenters. The molecule has 2 fully saturated rings. The standard InChI is InChI=1S/C23H34Si.2CH3.2ClH.Zr/c1-15-14-18-10-6-7-13-21(18)22(15)24(4,5)23-16(2)19-11-8-9-12-20(19)17(23)3;;;;;/h6-13,15-23H,14H2,1-5H3;2*1H3;2*1H;/q;2*-1;;;+4/p-2. The maximum absolute atomic E-state index is 4.93. The van der Waals surface area contributed by atoms with Gasteiger partial charge >= 0.3 is 37.9 Å². The molecule has 0 aromatic carbocycles. The van der Waals surface area contributed by atoms with Gasteiger partial charge in [-0.1, -0.05) is 82.5 Å². The van der Waals surface area contributed by atoms with Gasteiger partial charge in [-0.15, -0.1) is 0 Å². The van der Waals surface area contributed by atoms with E-state index in [4.69, 9.17) is 17.0 Å². The molecule has 4 rings (SSSR count). The van der Waals surface area contributed by atoms with Gasteiger partial charge in [-0.25, -0.2) is 0 Å². The van der Waals surface area contributed by atoms with E-state index in [1.54, 1.807) is 0 Å². The van der Waals surface area contributed by atoms with E-state index in [1.165, 1.54) is 6.42 Å². The molecule has 29 heavy (non-hydrogen) atoms. The summed E-state index contributed by atoms with van der Waals surface area (Å²) in [7, 11) is 8.49. The second-order valence-corrected chi connectivity index (χ2v) is 18.5. The van der Waals surface area contributed by atoms with Crippen molar-refractivity contribution >= 4 is 25.1 Å². The van der Waals surface area contributed by atoms with E-state index in [9.17, 15) is 0 Å². The van der Waals surface area contributed by atoms with E-state index >= 15 is 0 Å². The van der Waals surface area contributed by atoms with Crippen LogP contribution in [0.15, 0.2) is 48.6 Å². The van der Waals surface area contributed by atoms with Crippen LogP contribution in [0, 0.1) is 56.3 Å². The third kappa shape index (κ3) is 5.18. The number of halogens is 2. The van der Waals surface area contributed by atoms with E-state index < -0.39 is 28.9 Å².